The average Bonchev–Trinajstić information content (AvgIpc) is 2.71. The summed E-state index contributed by atoms with van der Waals surface area (Å²) in [5.41, 5.74) is 0.837. The fraction of sp³-hybridized carbons (Fsp3) is 0.143. The maximum absolute atomic E-state index is 12.7. The SMILES string of the molecule is COc1ccc(Cn2c(=O)c(=O)[nH]c3ccc4ccccc4c32)c(OC)c1. The van der Waals surface area contributed by atoms with Gasteiger partial charge in [-0.3, -0.25) is 14.2 Å². The Morgan fingerprint density at radius 3 is 2.56 bits per heavy atom. The first-order valence-corrected chi connectivity index (χ1v) is 8.48. The smallest absolute Gasteiger partial charge is 0.317 e. The number of H-pyrrole nitrogens is 1. The molecule has 0 unspecified atom stereocenters. The molecule has 0 saturated carbocycles. The zero-order chi connectivity index (χ0) is 19.0. The van der Waals surface area contributed by atoms with Gasteiger partial charge >= 0.3 is 11.1 Å². The molecule has 0 amide bonds. The van der Waals surface area contributed by atoms with Gasteiger partial charge in [-0.2, -0.15) is 0 Å². The number of nitrogens with one attached hydrogen (secondary N) is 1. The van der Waals surface area contributed by atoms with Gasteiger partial charge in [-0.05, 0) is 23.6 Å². The number of rotatable bonds is 4. The second kappa shape index (κ2) is 6.64. The topological polar surface area (TPSA) is 73.3 Å². The van der Waals surface area contributed by atoms with Gasteiger partial charge in [-0.1, -0.05) is 30.3 Å². The normalized spacial score (nSPS) is 11.0. The Balaban J connectivity index is 2.01. The van der Waals surface area contributed by atoms with Crippen LogP contribution in [0, 0.1) is 0 Å². The van der Waals surface area contributed by atoms with Gasteiger partial charge in [0.2, 0.25) is 0 Å². The number of hydrogen-bond donors (Lipinski definition) is 1. The fourth-order valence-corrected chi connectivity index (χ4v) is 3.35. The lowest BCUT2D eigenvalue weighted by Gasteiger charge is -2.15. The molecule has 0 atom stereocenters. The van der Waals surface area contributed by atoms with E-state index in [2.05, 4.69) is 4.98 Å². The molecule has 0 bridgehead atoms. The van der Waals surface area contributed by atoms with Crippen LogP contribution < -0.4 is 20.6 Å². The van der Waals surface area contributed by atoms with Crippen molar-refractivity contribution < 1.29 is 9.47 Å². The number of ether oxygens (including phenoxy) is 2. The monoisotopic (exact) mass is 362 g/mol. The minimum atomic E-state index is -0.648. The van der Waals surface area contributed by atoms with Crippen molar-refractivity contribution in [1.82, 2.24) is 9.55 Å². The van der Waals surface area contributed by atoms with Crippen LogP contribution in [0.1, 0.15) is 5.56 Å². The molecule has 6 nitrogen and oxygen atoms in total. The Labute approximate surface area is 154 Å². The minimum absolute atomic E-state index is 0.209. The van der Waals surface area contributed by atoms with Gasteiger partial charge in [-0.25, -0.2) is 0 Å². The molecule has 4 rings (SSSR count). The Bertz CT molecular complexity index is 1270. The number of aromatic nitrogens is 2. The molecule has 0 radical (unpaired) electrons. The summed E-state index contributed by atoms with van der Waals surface area (Å²) in [6.07, 6.45) is 0. The van der Waals surface area contributed by atoms with Crippen LogP contribution in [0.4, 0.5) is 0 Å². The predicted octanol–water partition coefficient (Wildman–Crippen LogP) is 2.91. The molecule has 0 saturated heterocycles. The highest BCUT2D eigenvalue weighted by molar-refractivity contribution is 6.04. The molecule has 27 heavy (non-hydrogen) atoms. The van der Waals surface area contributed by atoms with Crippen LogP contribution in [0.15, 0.2) is 64.2 Å². The van der Waals surface area contributed by atoms with Gasteiger partial charge in [-0.15, -0.1) is 0 Å². The molecule has 1 aromatic heterocycles. The maximum atomic E-state index is 12.7. The summed E-state index contributed by atoms with van der Waals surface area (Å²) >= 11 is 0. The van der Waals surface area contributed by atoms with Crippen LogP contribution in [-0.4, -0.2) is 23.8 Å². The van der Waals surface area contributed by atoms with E-state index in [1.807, 2.05) is 42.5 Å². The van der Waals surface area contributed by atoms with Gasteiger partial charge in [0.25, 0.3) is 0 Å². The van der Waals surface area contributed by atoms with Gasteiger partial charge in [0, 0.05) is 17.0 Å². The van der Waals surface area contributed by atoms with E-state index in [1.54, 1.807) is 26.4 Å². The highest BCUT2D eigenvalue weighted by Crippen LogP contribution is 2.27. The van der Waals surface area contributed by atoms with E-state index >= 15 is 0 Å². The summed E-state index contributed by atoms with van der Waals surface area (Å²) in [6, 6.07) is 16.9. The molecule has 4 aromatic rings. The number of methoxy groups -OCH3 is 2. The molecule has 0 spiro atoms. The van der Waals surface area contributed by atoms with Gasteiger partial charge in [0.1, 0.15) is 11.5 Å². The summed E-state index contributed by atoms with van der Waals surface area (Å²) in [6.45, 7) is 0.209. The molecule has 1 heterocycles. The van der Waals surface area contributed by atoms with Crippen LogP contribution in [-0.2, 0) is 6.54 Å². The number of aromatic amines is 1. The van der Waals surface area contributed by atoms with Crippen LogP contribution >= 0.6 is 0 Å². The number of fused-ring (bicyclic) bond motifs is 3. The quantitative estimate of drug-likeness (QED) is 0.447. The second-order valence-corrected chi connectivity index (χ2v) is 6.21. The molecular weight excluding hydrogens is 344 g/mol. The van der Waals surface area contributed by atoms with Crippen molar-refractivity contribution in [2.24, 2.45) is 0 Å². The lowest BCUT2D eigenvalue weighted by atomic mass is 10.1. The molecule has 0 aliphatic rings. The average molecular weight is 362 g/mol. The fourth-order valence-electron chi connectivity index (χ4n) is 3.35. The number of hydrogen-bond acceptors (Lipinski definition) is 4. The van der Waals surface area contributed by atoms with Crippen molar-refractivity contribution in [1.29, 1.82) is 0 Å². The molecule has 1 N–H and O–H groups in total. The van der Waals surface area contributed by atoms with E-state index in [4.69, 9.17) is 9.47 Å². The molecule has 136 valence electrons. The number of benzene rings is 3. The third-order valence-corrected chi connectivity index (χ3v) is 4.68. The first-order valence-electron chi connectivity index (χ1n) is 8.48. The lowest BCUT2D eigenvalue weighted by Crippen LogP contribution is -2.36. The summed E-state index contributed by atoms with van der Waals surface area (Å²) in [5.74, 6) is 1.25. The lowest BCUT2D eigenvalue weighted by molar-refractivity contribution is 0.390. The van der Waals surface area contributed by atoms with Crippen molar-refractivity contribution in [3.8, 4) is 11.5 Å². The summed E-state index contributed by atoms with van der Waals surface area (Å²) in [5, 5.41) is 1.89. The van der Waals surface area contributed by atoms with Gasteiger partial charge in [0.05, 0.1) is 31.8 Å². The highest BCUT2D eigenvalue weighted by Gasteiger charge is 2.14. The van der Waals surface area contributed by atoms with Crippen molar-refractivity contribution in [3.63, 3.8) is 0 Å². The van der Waals surface area contributed by atoms with Crippen molar-refractivity contribution in [2.45, 2.75) is 6.54 Å². The van der Waals surface area contributed by atoms with E-state index in [9.17, 15) is 9.59 Å². The standard InChI is InChI=1S/C21H18N2O4/c1-26-15-9-7-14(18(11-15)27-2)12-23-19-16-6-4-3-5-13(16)8-10-17(19)22-20(24)21(23)25/h3-11H,12H2,1-2H3,(H,22,24). The summed E-state index contributed by atoms with van der Waals surface area (Å²) < 4.78 is 12.2. The minimum Gasteiger partial charge on any atom is -0.497 e. The predicted molar refractivity (Wildman–Crippen MR) is 105 cm³/mol. The van der Waals surface area contributed by atoms with E-state index in [1.165, 1.54) is 4.57 Å². The number of nitrogens with zero attached hydrogens (tertiary/aromatic N) is 1. The van der Waals surface area contributed by atoms with E-state index in [-0.39, 0.29) is 6.54 Å². The molecule has 6 heteroatoms. The Morgan fingerprint density at radius 1 is 0.963 bits per heavy atom. The largest absolute Gasteiger partial charge is 0.497 e. The zero-order valence-electron chi connectivity index (χ0n) is 15.0. The molecule has 0 aliphatic carbocycles. The van der Waals surface area contributed by atoms with Crippen LogP contribution in [0.3, 0.4) is 0 Å². The maximum Gasteiger partial charge on any atom is 0.317 e. The highest BCUT2D eigenvalue weighted by atomic mass is 16.5. The van der Waals surface area contributed by atoms with Crippen LogP contribution in [0.25, 0.3) is 21.8 Å². The van der Waals surface area contributed by atoms with E-state index in [0.717, 1.165) is 16.3 Å². The summed E-state index contributed by atoms with van der Waals surface area (Å²) in [7, 11) is 3.14. The first kappa shape index (κ1) is 16.9. The van der Waals surface area contributed by atoms with Crippen molar-refractivity contribution >= 4 is 21.8 Å². The third kappa shape index (κ3) is 2.85. The Kier molecular flexibility index (Phi) is 4.16. The molecule has 3 aromatic carbocycles. The molecule has 0 fully saturated rings. The summed E-state index contributed by atoms with van der Waals surface area (Å²) in [4.78, 5) is 27.6. The van der Waals surface area contributed by atoms with Gasteiger partial charge < -0.3 is 14.5 Å². The van der Waals surface area contributed by atoms with E-state index in [0.29, 0.717) is 22.5 Å². The van der Waals surface area contributed by atoms with Crippen molar-refractivity contribution in [2.75, 3.05) is 14.2 Å². The molecular formula is C21H18N2O4. The van der Waals surface area contributed by atoms with Crippen LogP contribution in [0.5, 0.6) is 11.5 Å². The molecule has 0 aliphatic heterocycles. The first-order chi connectivity index (χ1) is 13.1. The third-order valence-electron chi connectivity index (χ3n) is 4.68. The van der Waals surface area contributed by atoms with Crippen LogP contribution in [0.2, 0.25) is 0 Å². The Hall–Kier alpha value is -3.54. The van der Waals surface area contributed by atoms with Gasteiger partial charge in [0.15, 0.2) is 0 Å². The second-order valence-electron chi connectivity index (χ2n) is 6.21. The Morgan fingerprint density at radius 2 is 1.78 bits per heavy atom. The zero-order valence-corrected chi connectivity index (χ0v) is 15.0. The van der Waals surface area contributed by atoms with Crippen molar-refractivity contribution in [3.05, 3.63) is 80.9 Å². The van der Waals surface area contributed by atoms with E-state index < -0.39 is 11.1 Å².